The minimum atomic E-state index is 0.961. The highest BCUT2D eigenvalue weighted by molar-refractivity contribution is 5.77. The van der Waals surface area contributed by atoms with Gasteiger partial charge in [-0.2, -0.15) is 0 Å². The van der Waals surface area contributed by atoms with Crippen molar-refractivity contribution in [3.8, 4) is 0 Å². The number of rotatable bonds is 6. The van der Waals surface area contributed by atoms with Crippen molar-refractivity contribution in [3.63, 3.8) is 0 Å². The van der Waals surface area contributed by atoms with E-state index in [1.54, 1.807) is 0 Å². The van der Waals surface area contributed by atoms with E-state index in [-0.39, 0.29) is 0 Å². The summed E-state index contributed by atoms with van der Waals surface area (Å²) in [5.41, 5.74) is 3.84. The third kappa shape index (κ3) is 2.96. The number of benzene rings is 2. The second-order valence-corrected chi connectivity index (χ2v) is 4.74. The molecular weight excluding hydrogens is 244 g/mol. The maximum atomic E-state index is 2.40. The Morgan fingerprint density at radius 2 is 1.20 bits per heavy atom. The van der Waals surface area contributed by atoms with Crippen molar-refractivity contribution in [2.45, 2.75) is 20.8 Å². The molecular formula is C18H24N2. The average Bonchev–Trinajstić information content (AvgIpc) is 2.52. The van der Waals surface area contributed by atoms with Gasteiger partial charge in [0, 0.05) is 25.3 Å². The van der Waals surface area contributed by atoms with Crippen LogP contribution in [0.15, 0.2) is 54.6 Å². The second kappa shape index (κ2) is 6.99. The Kier molecular flexibility index (Phi) is 5.05. The molecule has 0 fully saturated rings. The maximum Gasteiger partial charge on any atom is 0.0648 e. The number of hydrogen-bond acceptors (Lipinski definition) is 2. The van der Waals surface area contributed by atoms with Gasteiger partial charge in [-0.15, -0.1) is 0 Å². The topological polar surface area (TPSA) is 6.48 Å². The Morgan fingerprint density at radius 3 is 1.75 bits per heavy atom. The average molecular weight is 268 g/mol. The summed E-state index contributed by atoms with van der Waals surface area (Å²) in [5.74, 6) is 0. The lowest BCUT2D eigenvalue weighted by Crippen LogP contribution is -2.25. The fourth-order valence-corrected chi connectivity index (χ4v) is 2.62. The quantitative estimate of drug-likeness (QED) is 0.750. The van der Waals surface area contributed by atoms with E-state index in [4.69, 9.17) is 0 Å². The number of anilines is 3. The minimum absolute atomic E-state index is 0.961. The predicted octanol–water partition coefficient (Wildman–Crippen LogP) is 4.69. The van der Waals surface area contributed by atoms with Gasteiger partial charge in [-0.1, -0.05) is 30.3 Å². The molecule has 2 aromatic carbocycles. The minimum Gasteiger partial charge on any atom is -0.370 e. The van der Waals surface area contributed by atoms with Gasteiger partial charge in [-0.25, -0.2) is 0 Å². The normalized spacial score (nSPS) is 10.3. The van der Waals surface area contributed by atoms with Gasteiger partial charge < -0.3 is 9.80 Å². The first-order valence-corrected chi connectivity index (χ1v) is 7.48. The van der Waals surface area contributed by atoms with Crippen molar-refractivity contribution in [2.24, 2.45) is 0 Å². The molecule has 2 nitrogen and oxygen atoms in total. The molecule has 0 saturated carbocycles. The Balaban J connectivity index is 2.45. The Hall–Kier alpha value is -1.96. The van der Waals surface area contributed by atoms with E-state index in [0.717, 1.165) is 19.6 Å². The molecule has 0 N–H and O–H groups in total. The van der Waals surface area contributed by atoms with Crippen LogP contribution < -0.4 is 9.80 Å². The molecule has 0 saturated heterocycles. The summed E-state index contributed by atoms with van der Waals surface area (Å²) in [5, 5.41) is 0. The zero-order valence-corrected chi connectivity index (χ0v) is 12.7. The van der Waals surface area contributed by atoms with Gasteiger partial charge in [-0.3, -0.25) is 0 Å². The highest BCUT2D eigenvalue weighted by Crippen LogP contribution is 2.33. The van der Waals surface area contributed by atoms with Crippen LogP contribution in [0.1, 0.15) is 20.8 Å². The summed E-state index contributed by atoms with van der Waals surface area (Å²) in [6, 6.07) is 19.3. The highest BCUT2D eigenvalue weighted by atomic mass is 15.2. The lowest BCUT2D eigenvalue weighted by Gasteiger charge is -2.30. The molecule has 0 aromatic heterocycles. The molecule has 0 atom stereocenters. The predicted molar refractivity (Wildman–Crippen MR) is 89.1 cm³/mol. The SMILES string of the molecule is CCN(CC)c1ccccc1N(CC)c1ccccc1. The second-order valence-electron chi connectivity index (χ2n) is 4.74. The summed E-state index contributed by atoms with van der Waals surface area (Å²) in [6.45, 7) is 9.63. The van der Waals surface area contributed by atoms with Crippen molar-refractivity contribution >= 4 is 17.1 Å². The first-order valence-electron chi connectivity index (χ1n) is 7.48. The van der Waals surface area contributed by atoms with E-state index in [2.05, 4.69) is 85.2 Å². The molecule has 0 unspecified atom stereocenters. The molecule has 0 spiro atoms. The lowest BCUT2D eigenvalue weighted by atomic mass is 10.2. The largest absolute Gasteiger partial charge is 0.370 e. The summed E-state index contributed by atoms with van der Waals surface area (Å²) in [7, 11) is 0. The van der Waals surface area contributed by atoms with E-state index in [0.29, 0.717) is 0 Å². The van der Waals surface area contributed by atoms with Crippen LogP contribution in [0, 0.1) is 0 Å². The van der Waals surface area contributed by atoms with Crippen LogP contribution in [0.2, 0.25) is 0 Å². The van der Waals surface area contributed by atoms with E-state index in [1.807, 2.05) is 0 Å². The van der Waals surface area contributed by atoms with E-state index >= 15 is 0 Å². The van der Waals surface area contributed by atoms with Gasteiger partial charge in [0.15, 0.2) is 0 Å². The fraction of sp³-hybridized carbons (Fsp3) is 0.333. The molecule has 2 aromatic rings. The molecule has 0 aliphatic heterocycles. The van der Waals surface area contributed by atoms with Crippen LogP contribution in [0.5, 0.6) is 0 Å². The standard InChI is InChI=1S/C18H24N2/c1-4-19(5-2)17-14-10-11-15-18(17)20(6-3)16-12-8-7-9-13-16/h7-15H,4-6H2,1-3H3. The number of nitrogens with zero attached hydrogens (tertiary/aromatic N) is 2. The van der Waals surface area contributed by atoms with Crippen LogP contribution in [-0.2, 0) is 0 Å². The van der Waals surface area contributed by atoms with Crippen LogP contribution in [-0.4, -0.2) is 19.6 Å². The molecule has 2 rings (SSSR count). The Labute approximate surface area is 122 Å². The van der Waals surface area contributed by atoms with Gasteiger partial charge in [0.05, 0.1) is 11.4 Å². The Bertz CT molecular complexity index is 518. The van der Waals surface area contributed by atoms with Crippen molar-refractivity contribution in [1.82, 2.24) is 0 Å². The molecule has 0 aliphatic rings. The smallest absolute Gasteiger partial charge is 0.0648 e. The fourth-order valence-electron chi connectivity index (χ4n) is 2.62. The summed E-state index contributed by atoms with van der Waals surface area (Å²) >= 11 is 0. The molecule has 106 valence electrons. The highest BCUT2D eigenvalue weighted by Gasteiger charge is 2.14. The van der Waals surface area contributed by atoms with Gasteiger partial charge in [0.25, 0.3) is 0 Å². The van der Waals surface area contributed by atoms with Gasteiger partial charge in [-0.05, 0) is 45.0 Å². The zero-order valence-electron chi connectivity index (χ0n) is 12.7. The Morgan fingerprint density at radius 1 is 0.650 bits per heavy atom. The van der Waals surface area contributed by atoms with Gasteiger partial charge >= 0.3 is 0 Å². The monoisotopic (exact) mass is 268 g/mol. The number of para-hydroxylation sites is 3. The van der Waals surface area contributed by atoms with Crippen molar-refractivity contribution in [3.05, 3.63) is 54.6 Å². The van der Waals surface area contributed by atoms with Crippen LogP contribution >= 0.6 is 0 Å². The van der Waals surface area contributed by atoms with Gasteiger partial charge in [0.2, 0.25) is 0 Å². The number of hydrogen-bond donors (Lipinski definition) is 0. The van der Waals surface area contributed by atoms with Crippen LogP contribution in [0.3, 0.4) is 0 Å². The van der Waals surface area contributed by atoms with Crippen LogP contribution in [0.25, 0.3) is 0 Å². The zero-order chi connectivity index (χ0) is 14.4. The molecule has 2 heteroatoms. The molecule has 0 bridgehead atoms. The van der Waals surface area contributed by atoms with E-state index in [9.17, 15) is 0 Å². The van der Waals surface area contributed by atoms with Crippen molar-refractivity contribution in [2.75, 3.05) is 29.4 Å². The van der Waals surface area contributed by atoms with Crippen LogP contribution in [0.4, 0.5) is 17.1 Å². The first kappa shape index (κ1) is 14.4. The van der Waals surface area contributed by atoms with Crippen molar-refractivity contribution in [1.29, 1.82) is 0 Å². The summed E-state index contributed by atoms with van der Waals surface area (Å²) < 4.78 is 0. The van der Waals surface area contributed by atoms with Gasteiger partial charge in [0.1, 0.15) is 0 Å². The summed E-state index contributed by atoms with van der Waals surface area (Å²) in [4.78, 5) is 4.77. The molecule has 0 heterocycles. The van der Waals surface area contributed by atoms with Crippen molar-refractivity contribution < 1.29 is 0 Å². The lowest BCUT2D eigenvalue weighted by molar-refractivity contribution is 0.861. The first-order chi connectivity index (χ1) is 9.81. The molecule has 0 radical (unpaired) electrons. The molecule has 0 aliphatic carbocycles. The third-order valence-electron chi connectivity index (χ3n) is 3.66. The molecule has 0 amide bonds. The molecule has 20 heavy (non-hydrogen) atoms. The van der Waals surface area contributed by atoms with E-state index < -0.39 is 0 Å². The van der Waals surface area contributed by atoms with E-state index in [1.165, 1.54) is 17.1 Å². The summed E-state index contributed by atoms with van der Waals surface area (Å²) in [6.07, 6.45) is 0. The maximum absolute atomic E-state index is 2.40. The third-order valence-corrected chi connectivity index (χ3v) is 3.66.